The lowest BCUT2D eigenvalue weighted by atomic mass is 10.1. The molecule has 2 rings (SSSR count). The van der Waals surface area contributed by atoms with Crippen LogP contribution in [0.25, 0.3) is 0 Å². The van der Waals surface area contributed by atoms with Crippen molar-refractivity contribution in [3.8, 4) is 0 Å². The highest BCUT2D eigenvalue weighted by Crippen LogP contribution is 2.16. The van der Waals surface area contributed by atoms with Crippen molar-refractivity contribution in [3.05, 3.63) is 53.5 Å². The van der Waals surface area contributed by atoms with E-state index in [1.165, 1.54) is 12.4 Å². The number of nitrogens with zero attached hydrogens (tertiary/aromatic N) is 2. The molecule has 0 saturated carbocycles. The zero-order valence-corrected chi connectivity index (χ0v) is 12.5. The number of hydrogen-bond donors (Lipinski definition) is 2. The maximum atomic E-state index is 12.0. The molecule has 24 heavy (non-hydrogen) atoms. The Morgan fingerprint density at radius 2 is 1.75 bits per heavy atom. The Kier molecular flexibility index (Phi) is 5.69. The maximum absolute atomic E-state index is 12.0. The molecule has 0 spiro atoms. The van der Waals surface area contributed by atoms with Gasteiger partial charge in [0.2, 0.25) is 0 Å². The molecule has 3 N–H and O–H groups in total. The summed E-state index contributed by atoms with van der Waals surface area (Å²) in [5, 5.41) is 2.64. The summed E-state index contributed by atoms with van der Waals surface area (Å²) in [5.74, 6) is -0.426. The van der Waals surface area contributed by atoms with E-state index < -0.39 is 18.7 Å². The quantitative estimate of drug-likeness (QED) is 0.840. The van der Waals surface area contributed by atoms with Crippen molar-refractivity contribution in [2.24, 2.45) is 0 Å². The van der Waals surface area contributed by atoms with Gasteiger partial charge in [-0.15, -0.1) is 0 Å². The third-order valence-electron chi connectivity index (χ3n) is 2.95. The second-order valence-electron chi connectivity index (χ2n) is 4.90. The number of carbonyl (C=O) groups is 1. The Labute approximate surface area is 135 Å². The third-order valence-corrected chi connectivity index (χ3v) is 2.95. The number of carbonyl (C=O) groups excluding carboxylic acids is 1. The number of ether oxygens (including phenoxy) is 1. The lowest BCUT2D eigenvalue weighted by Crippen LogP contribution is -2.25. The fourth-order valence-corrected chi connectivity index (χ4v) is 1.83. The van der Waals surface area contributed by atoms with Crippen LogP contribution in [0.4, 0.5) is 19.0 Å². The van der Waals surface area contributed by atoms with E-state index in [0.29, 0.717) is 5.56 Å². The van der Waals surface area contributed by atoms with E-state index in [9.17, 15) is 18.0 Å². The van der Waals surface area contributed by atoms with Crippen molar-refractivity contribution >= 4 is 11.7 Å². The van der Waals surface area contributed by atoms with E-state index in [-0.39, 0.29) is 24.7 Å². The number of aromatic nitrogens is 2. The Hall–Kier alpha value is -2.68. The van der Waals surface area contributed by atoms with Crippen LogP contribution >= 0.6 is 0 Å². The van der Waals surface area contributed by atoms with Crippen LogP contribution in [-0.2, 0) is 17.9 Å². The number of alkyl halides is 3. The van der Waals surface area contributed by atoms with Gasteiger partial charge in [0.1, 0.15) is 6.61 Å². The second kappa shape index (κ2) is 7.73. The number of benzene rings is 1. The van der Waals surface area contributed by atoms with Crippen LogP contribution in [0.5, 0.6) is 0 Å². The van der Waals surface area contributed by atoms with Gasteiger partial charge in [-0.2, -0.15) is 13.2 Å². The molecule has 0 unspecified atom stereocenters. The Bertz CT molecular complexity index is 690. The first-order valence-electron chi connectivity index (χ1n) is 6.92. The molecule has 0 aliphatic carbocycles. The fourth-order valence-electron chi connectivity index (χ4n) is 1.83. The summed E-state index contributed by atoms with van der Waals surface area (Å²) in [6, 6.07) is 6.64. The van der Waals surface area contributed by atoms with Gasteiger partial charge in [-0.25, -0.2) is 9.97 Å². The van der Waals surface area contributed by atoms with Gasteiger partial charge in [0, 0.05) is 18.9 Å². The monoisotopic (exact) mass is 340 g/mol. The minimum atomic E-state index is -4.34. The zero-order chi connectivity index (χ0) is 17.6. The van der Waals surface area contributed by atoms with E-state index in [1.54, 1.807) is 24.3 Å². The number of rotatable bonds is 6. The second-order valence-corrected chi connectivity index (χ2v) is 4.90. The lowest BCUT2D eigenvalue weighted by Gasteiger charge is -2.09. The molecular formula is C15H15F3N4O2. The molecule has 6 nitrogen and oxygen atoms in total. The molecule has 0 aliphatic heterocycles. The predicted molar refractivity (Wildman–Crippen MR) is 79.8 cm³/mol. The van der Waals surface area contributed by atoms with Gasteiger partial charge in [0.25, 0.3) is 5.91 Å². The van der Waals surface area contributed by atoms with E-state index in [2.05, 4.69) is 20.0 Å². The van der Waals surface area contributed by atoms with Gasteiger partial charge in [0.05, 0.1) is 6.61 Å². The molecule has 2 aromatic rings. The van der Waals surface area contributed by atoms with Crippen molar-refractivity contribution in [1.29, 1.82) is 0 Å². The normalized spacial score (nSPS) is 11.3. The van der Waals surface area contributed by atoms with Gasteiger partial charge in [0.15, 0.2) is 11.5 Å². The Balaban J connectivity index is 1.84. The van der Waals surface area contributed by atoms with Gasteiger partial charge >= 0.3 is 6.18 Å². The topological polar surface area (TPSA) is 90.1 Å². The van der Waals surface area contributed by atoms with Gasteiger partial charge in [-0.3, -0.25) is 4.79 Å². The summed E-state index contributed by atoms with van der Waals surface area (Å²) in [7, 11) is 0. The Morgan fingerprint density at radius 1 is 1.12 bits per heavy atom. The van der Waals surface area contributed by atoms with Crippen molar-refractivity contribution < 1.29 is 22.7 Å². The van der Waals surface area contributed by atoms with Gasteiger partial charge < -0.3 is 15.8 Å². The highest BCUT2D eigenvalue weighted by Gasteiger charge is 2.27. The molecule has 128 valence electrons. The van der Waals surface area contributed by atoms with Crippen LogP contribution in [-0.4, -0.2) is 28.7 Å². The fraction of sp³-hybridized carbons (Fsp3) is 0.267. The lowest BCUT2D eigenvalue weighted by molar-refractivity contribution is -0.176. The van der Waals surface area contributed by atoms with Crippen LogP contribution in [0.3, 0.4) is 0 Å². The number of hydrogen-bond acceptors (Lipinski definition) is 5. The Morgan fingerprint density at radius 3 is 2.38 bits per heavy atom. The standard InChI is InChI=1S/C15H15F3N4O2/c16-15(17,18)9-24-8-11-3-1-10(2-4-11)7-22-14(23)12-13(19)21-6-5-20-12/h1-6H,7-9H2,(H2,19,21)(H,22,23). The van der Waals surface area contributed by atoms with E-state index in [1.807, 2.05) is 0 Å². The third kappa shape index (κ3) is 5.51. The first kappa shape index (κ1) is 17.7. The van der Waals surface area contributed by atoms with E-state index in [4.69, 9.17) is 5.73 Å². The summed E-state index contributed by atoms with van der Waals surface area (Å²) in [6.07, 6.45) is -1.60. The molecule has 0 aliphatic rings. The molecule has 0 fully saturated rings. The number of anilines is 1. The van der Waals surface area contributed by atoms with Crippen molar-refractivity contribution in [1.82, 2.24) is 15.3 Å². The van der Waals surface area contributed by atoms with E-state index >= 15 is 0 Å². The van der Waals surface area contributed by atoms with Crippen LogP contribution in [0, 0.1) is 0 Å². The molecule has 0 radical (unpaired) electrons. The van der Waals surface area contributed by atoms with Crippen LogP contribution in [0.2, 0.25) is 0 Å². The summed E-state index contributed by atoms with van der Waals surface area (Å²) in [4.78, 5) is 19.5. The summed E-state index contributed by atoms with van der Waals surface area (Å²) >= 11 is 0. The SMILES string of the molecule is Nc1nccnc1C(=O)NCc1ccc(COCC(F)(F)F)cc1. The average Bonchev–Trinajstić information content (AvgIpc) is 2.53. The van der Waals surface area contributed by atoms with Gasteiger partial charge in [-0.05, 0) is 11.1 Å². The minimum absolute atomic E-state index is 0.0344. The van der Waals surface area contributed by atoms with Crippen molar-refractivity contribution in [3.63, 3.8) is 0 Å². The van der Waals surface area contributed by atoms with E-state index in [0.717, 1.165) is 5.56 Å². The molecule has 1 aromatic heterocycles. The van der Waals surface area contributed by atoms with Crippen LogP contribution < -0.4 is 11.1 Å². The van der Waals surface area contributed by atoms with Crippen molar-refractivity contribution in [2.75, 3.05) is 12.3 Å². The highest BCUT2D eigenvalue weighted by atomic mass is 19.4. The molecule has 0 bridgehead atoms. The van der Waals surface area contributed by atoms with Gasteiger partial charge in [-0.1, -0.05) is 24.3 Å². The number of nitrogen functional groups attached to an aromatic ring is 1. The molecule has 1 amide bonds. The van der Waals surface area contributed by atoms with Crippen LogP contribution in [0.1, 0.15) is 21.6 Å². The molecule has 9 heteroatoms. The maximum Gasteiger partial charge on any atom is 0.411 e. The minimum Gasteiger partial charge on any atom is -0.382 e. The zero-order valence-electron chi connectivity index (χ0n) is 12.5. The summed E-state index contributed by atoms with van der Waals surface area (Å²) < 4.78 is 40.5. The smallest absolute Gasteiger partial charge is 0.382 e. The predicted octanol–water partition coefficient (Wildman–Crippen LogP) is 2.07. The largest absolute Gasteiger partial charge is 0.411 e. The number of halogens is 3. The average molecular weight is 340 g/mol. The number of nitrogens with one attached hydrogen (secondary N) is 1. The molecule has 1 aromatic carbocycles. The summed E-state index contributed by atoms with van der Waals surface area (Å²) in [6.45, 7) is -1.20. The molecule has 0 atom stereocenters. The first-order valence-corrected chi connectivity index (χ1v) is 6.92. The summed E-state index contributed by atoms with van der Waals surface area (Å²) in [5.41, 5.74) is 6.97. The first-order chi connectivity index (χ1) is 11.3. The molecular weight excluding hydrogens is 325 g/mol. The van der Waals surface area contributed by atoms with Crippen molar-refractivity contribution in [2.45, 2.75) is 19.3 Å². The molecule has 1 heterocycles. The highest BCUT2D eigenvalue weighted by molar-refractivity contribution is 5.96. The number of nitrogens with two attached hydrogens (primary N) is 1. The van der Waals surface area contributed by atoms with Crippen LogP contribution in [0.15, 0.2) is 36.7 Å². The number of amides is 1. The molecule has 0 saturated heterocycles.